The van der Waals surface area contributed by atoms with E-state index in [1.165, 1.54) is 0 Å². The number of anilines is 1. The van der Waals surface area contributed by atoms with E-state index in [1.807, 2.05) is 52.0 Å². The van der Waals surface area contributed by atoms with Gasteiger partial charge in [0.05, 0.1) is 6.42 Å². The fourth-order valence-electron chi connectivity index (χ4n) is 3.05. The maximum atomic E-state index is 12.2. The lowest BCUT2D eigenvalue weighted by molar-refractivity contribution is -0.147. The van der Waals surface area contributed by atoms with E-state index < -0.39 is 5.97 Å². The highest BCUT2D eigenvalue weighted by Gasteiger charge is 2.16. The van der Waals surface area contributed by atoms with E-state index >= 15 is 0 Å². The van der Waals surface area contributed by atoms with Crippen LogP contribution >= 0.6 is 11.3 Å². The lowest BCUT2D eigenvalue weighted by atomic mass is 10.0. The summed E-state index contributed by atoms with van der Waals surface area (Å²) < 4.78 is 5.04. The number of ether oxygens (including phenoxy) is 1. The fourth-order valence-corrected chi connectivity index (χ4v) is 4.00. The van der Waals surface area contributed by atoms with Crippen LogP contribution in [0.3, 0.4) is 0 Å². The van der Waals surface area contributed by atoms with Crippen LogP contribution in [0.2, 0.25) is 0 Å². The van der Waals surface area contributed by atoms with Gasteiger partial charge in [0.2, 0.25) is 0 Å². The molecule has 0 aliphatic carbocycles. The molecule has 1 amide bonds. The second-order valence-electron chi connectivity index (χ2n) is 6.62. The van der Waals surface area contributed by atoms with Gasteiger partial charge in [0.25, 0.3) is 5.91 Å². The number of benzene rings is 1. The van der Waals surface area contributed by atoms with Crippen LogP contribution in [0, 0.1) is 13.8 Å². The first-order chi connectivity index (χ1) is 13.3. The molecule has 5 nitrogen and oxygen atoms in total. The minimum atomic E-state index is -0.549. The number of rotatable bonds is 9. The number of esters is 1. The molecule has 0 atom stereocenters. The van der Waals surface area contributed by atoms with E-state index in [1.54, 1.807) is 11.3 Å². The summed E-state index contributed by atoms with van der Waals surface area (Å²) in [6.07, 6.45) is 1.64. The molecule has 0 unspecified atom stereocenters. The van der Waals surface area contributed by atoms with Gasteiger partial charge in [-0.05, 0) is 43.9 Å². The largest absolute Gasteiger partial charge is 0.456 e. The van der Waals surface area contributed by atoms with Gasteiger partial charge in [-0.1, -0.05) is 32.0 Å². The standard InChI is InChI=1S/C22H27NO4S/c1-5-16-8-7-9-17(6-2)22(16)23-20(25)13-27-21(26)11-10-19(24)18-12-14(3)28-15(18)4/h7-9,12H,5-6,10-11,13H2,1-4H3,(H,23,25). The Labute approximate surface area is 170 Å². The Morgan fingerprint density at radius 1 is 1.04 bits per heavy atom. The van der Waals surface area contributed by atoms with E-state index in [9.17, 15) is 14.4 Å². The van der Waals surface area contributed by atoms with Crippen molar-refractivity contribution in [2.24, 2.45) is 0 Å². The number of para-hydroxylation sites is 1. The molecule has 28 heavy (non-hydrogen) atoms. The summed E-state index contributed by atoms with van der Waals surface area (Å²) in [5.41, 5.74) is 3.56. The summed E-state index contributed by atoms with van der Waals surface area (Å²) in [4.78, 5) is 38.4. The van der Waals surface area contributed by atoms with Crippen LogP contribution in [0.4, 0.5) is 5.69 Å². The van der Waals surface area contributed by atoms with Gasteiger partial charge in [0.15, 0.2) is 12.4 Å². The fraction of sp³-hybridized carbons (Fsp3) is 0.409. The number of Topliss-reactive ketones (excluding diaryl/α,β-unsaturated/α-hetero) is 1. The van der Waals surface area contributed by atoms with Crippen molar-refractivity contribution in [1.82, 2.24) is 0 Å². The van der Waals surface area contributed by atoms with Crippen LogP contribution in [0.15, 0.2) is 24.3 Å². The number of amides is 1. The predicted molar refractivity (Wildman–Crippen MR) is 112 cm³/mol. The summed E-state index contributed by atoms with van der Waals surface area (Å²) >= 11 is 1.56. The lowest BCUT2D eigenvalue weighted by Crippen LogP contribution is -2.22. The highest BCUT2D eigenvalue weighted by Crippen LogP contribution is 2.23. The van der Waals surface area contributed by atoms with Crippen molar-refractivity contribution < 1.29 is 19.1 Å². The molecule has 2 aromatic rings. The minimum Gasteiger partial charge on any atom is -0.456 e. The van der Waals surface area contributed by atoms with Crippen LogP contribution in [0.25, 0.3) is 0 Å². The number of nitrogens with one attached hydrogen (secondary N) is 1. The Balaban J connectivity index is 1.84. The van der Waals surface area contributed by atoms with Gasteiger partial charge >= 0.3 is 5.97 Å². The Kier molecular flexibility index (Phi) is 7.93. The van der Waals surface area contributed by atoms with Crippen LogP contribution < -0.4 is 5.32 Å². The zero-order chi connectivity index (χ0) is 20.7. The number of carbonyl (C=O) groups excluding carboxylic acids is 3. The molecule has 0 saturated carbocycles. The Hall–Kier alpha value is -2.47. The third-order valence-corrected chi connectivity index (χ3v) is 5.49. The Bertz CT molecular complexity index is 847. The van der Waals surface area contributed by atoms with Crippen LogP contribution in [-0.2, 0) is 27.2 Å². The zero-order valence-electron chi connectivity index (χ0n) is 16.9. The highest BCUT2D eigenvalue weighted by atomic mass is 32.1. The number of ketones is 1. The molecular weight excluding hydrogens is 374 g/mol. The van der Waals surface area contributed by atoms with Gasteiger partial charge in [-0.2, -0.15) is 0 Å². The van der Waals surface area contributed by atoms with Crippen molar-refractivity contribution in [3.63, 3.8) is 0 Å². The normalized spacial score (nSPS) is 10.6. The van der Waals surface area contributed by atoms with Crippen LogP contribution in [0.1, 0.15) is 57.9 Å². The van der Waals surface area contributed by atoms with Gasteiger partial charge in [-0.3, -0.25) is 14.4 Å². The smallest absolute Gasteiger partial charge is 0.306 e. The van der Waals surface area contributed by atoms with Gasteiger partial charge in [-0.15, -0.1) is 11.3 Å². The zero-order valence-corrected chi connectivity index (χ0v) is 17.7. The van der Waals surface area contributed by atoms with Crippen molar-refractivity contribution in [2.45, 2.75) is 53.4 Å². The van der Waals surface area contributed by atoms with Crippen LogP contribution in [-0.4, -0.2) is 24.3 Å². The van der Waals surface area contributed by atoms with Crippen molar-refractivity contribution in [2.75, 3.05) is 11.9 Å². The predicted octanol–water partition coefficient (Wildman–Crippen LogP) is 4.63. The summed E-state index contributed by atoms with van der Waals surface area (Å²) in [6, 6.07) is 7.76. The van der Waals surface area contributed by atoms with Gasteiger partial charge in [-0.25, -0.2) is 0 Å². The summed E-state index contributed by atoms with van der Waals surface area (Å²) in [7, 11) is 0. The van der Waals surface area contributed by atoms with E-state index in [0.29, 0.717) is 5.56 Å². The van der Waals surface area contributed by atoms with Crippen molar-refractivity contribution >= 4 is 34.7 Å². The summed E-state index contributed by atoms with van der Waals surface area (Å²) in [6.45, 7) is 7.54. The SMILES string of the molecule is CCc1cccc(CC)c1NC(=O)COC(=O)CCC(=O)c1cc(C)sc1C. The Morgan fingerprint density at radius 2 is 1.68 bits per heavy atom. The molecule has 6 heteroatoms. The number of carbonyl (C=O) groups is 3. The third kappa shape index (κ3) is 5.76. The van der Waals surface area contributed by atoms with E-state index in [4.69, 9.17) is 4.74 Å². The first-order valence-electron chi connectivity index (χ1n) is 9.52. The highest BCUT2D eigenvalue weighted by molar-refractivity contribution is 7.12. The maximum Gasteiger partial charge on any atom is 0.306 e. The minimum absolute atomic E-state index is 0.0355. The van der Waals surface area contributed by atoms with Crippen molar-refractivity contribution in [3.05, 3.63) is 50.7 Å². The molecule has 1 N–H and O–H groups in total. The molecule has 0 fully saturated rings. The molecule has 2 rings (SSSR count). The molecular formula is C22H27NO4S. The molecule has 0 saturated heterocycles. The Morgan fingerprint density at radius 3 is 2.21 bits per heavy atom. The first kappa shape index (κ1) is 21.8. The van der Waals surface area contributed by atoms with Crippen LogP contribution in [0.5, 0.6) is 0 Å². The molecule has 0 aliphatic rings. The van der Waals surface area contributed by atoms with Gasteiger partial charge in [0.1, 0.15) is 0 Å². The molecule has 150 valence electrons. The number of aryl methyl sites for hydroxylation is 4. The number of hydrogen-bond donors (Lipinski definition) is 1. The summed E-state index contributed by atoms with van der Waals surface area (Å²) in [5.74, 6) is -1.00. The quantitative estimate of drug-likeness (QED) is 0.491. The number of thiophene rings is 1. The lowest BCUT2D eigenvalue weighted by Gasteiger charge is -2.14. The summed E-state index contributed by atoms with van der Waals surface area (Å²) in [5, 5.41) is 2.86. The average molecular weight is 402 g/mol. The molecule has 0 radical (unpaired) electrons. The van der Waals surface area contributed by atoms with Crippen molar-refractivity contribution in [3.8, 4) is 0 Å². The second kappa shape index (κ2) is 10.2. The molecule has 1 aromatic heterocycles. The topological polar surface area (TPSA) is 72.5 Å². The average Bonchev–Trinajstić information content (AvgIpc) is 3.02. The van der Waals surface area contributed by atoms with Gasteiger partial charge < -0.3 is 10.1 Å². The second-order valence-corrected chi connectivity index (χ2v) is 8.08. The van der Waals surface area contributed by atoms with E-state index in [2.05, 4.69) is 5.32 Å². The van der Waals surface area contributed by atoms with Crippen molar-refractivity contribution in [1.29, 1.82) is 0 Å². The van der Waals surface area contributed by atoms with E-state index in [-0.39, 0.29) is 31.1 Å². The first-order valence-corrected chi connectivity index (χ1v) is 10.3. The van der Waals surface area contributed by atoms with Gasteiger partial charge in [0, 0.05) is 27.4 Å². The van der Waals surface area contributed by atoms with E-state index in [0.717, 1.165) is 39.4 Å². The monoisotopic (exact) mass is 401 g/mol. The number of hydrogen-bond acceptors (Lipinski definition) is 5. The molecule has 0 bridgehead atoms. The maximum absolute atomic E-state index is 12.2. The molecule has 1 aromatic carbocycles. The third-order valence-electron chi connectivity index (χ3n) is 4.53. The molecule has 0 aliphatic heterocycles. The molecule has 0 spiro atoms. The molecule has 1 heterocycles.